The van der Waals surface area contributed by atoms with Gasteiger partial charge in [-0.3, -0.25) is 4.72 Å². The minimum atomic E-state index is -4.04. The molecule has 0 atom stereocenters. The van der Waals surface area contributed by atoms with Crippen LogP contribution in [-0.2, 0) is 15.4 Å². The maximum Gasteiger partial charge on any atom is 0.264 e. The highest BCUT2D eigenvalue weighted by atomic mass is 32.2. The molecule has 0 amide bonds. The van der Waals surface area contributed by atoms with E-state index in [9.17, 15) is 12.8 Å². The Morgan fingerprint density at radius 3 is 2.50 bits per heavy atom. The lowest BCUT2D eigenvalue weighted by molar-refractivity contribution is 0.590. The number of benzene rings is 2. The van der Waals surface area contributed by atoms with Crippen LogP contribution in [0.15, 0.2) is 59.8 Å². The third-order valence-corrected chi connectivity index (χ3v) is 5.78. The fraction of sp³-hybridized carbons (Fsp3) is 0.190. The Morgan fingerprint density at radius 2 is 1.86 bits per heavy atom. The second-order valence-electron chi connectivity index (χ2n) is 7.48. The maximum atomic E-state index is 14.1. The van der Waals surface area contributed by atoms with Crippen molar-refractivity contribution in [2.24, 2.45) is 0 Å². The van der Waals surface area contributed by atoms with Gasteiger partial charge in [0.25, 0.3) is 10.0 Å². The number of rotatable bonds is 4. The Bertz CT molecular complexity index is 1170. The number of nitriles is 1. The lowest BCUT2D eigenvalue weighted by atomic mass is 9.86. The smallest absolute Gasteiger partial charge is 0.264 e. The molecule has 0 saturated carbocycles. The summed E-state index contributed by atoms with van der Waals surface area (Å²) in [6, 6.07) is 13.0. The summed E-state index contributed by atoms with van der Waals surface area (Å²) in [6.45, 7) is 6.24. The summed E-state index contributed by atoms with van der Waals surface area (Å²) in [6.07, 6.45) is 2.97. The third-order valence-electron chi connectivity index (χ3n) is 4.38. The van der Waals surface area contributed by atoms with Gasteiger partial charge in [-0.1, -0.05) is 45.0 Å². The number of H-pyrrole nitrogens is 1. The molecule has 3 rings (SSSR count). The van der Waals surface area contributed by atoms with E-state index in [0.717, 1.165) is 17.2 Å². The lowest BCUT2D eigenvalue weighted by Crippen LogP contribution is -2.14. The minimum Gasteiger partial charge on any atom is -0.366 e. The first-order valence-electron chi connectivity index (χ1n) is 8.62. The summed E-state index contributed by atoms with van der Waals surface area (Å²) in [5.41, 5.74) is 2.12. The van der Waals surface area contributed by atoms with Crippen molar-refractivity contribution in [3.05, 3.63) is 71.8 Å². The van der Waals surface area contributed by atoms with Crippen LogP contribution in [0.3, 0.4) is 0 Å². The quantitative estimate of drug-likeness (QED) is 0.664. The van der Waals surface area contributed by atoms with Gasteiger partial charge in [-0.25, -0.2) is 12.8 Å². The first-order valence-corrected chi connectivity index (χ1v) is 10.1. The van der Waals surface area contributed by atoms with Crippen LogP contribution in [0.2, 0.25) is 0 Å². The van der Waals surface area contributed by atoms with Gasteiger partial charge in [0.05, 0.1) is 17.3 Å². The van der Waals surface area contributed by atoms with Crippen molar-refractivity contribution < 1.29 is 12.8 Å². The highest BCUT2D eigenvalue weighted by Gasteiger charge is 2.23. The van der Waals surface area contributed by atoms with E-state index in [0.29, 0.717) is 5.56 Å². The van der Waals surface area contributed by atoms with Crippen LogP contribution in [0.5, 0.6) is 0 Å². The highest BCUT2D eigenvalue weighted by molar-refractivity contribution is 7.92. The van der Waals surface area contributed by atoms with Crippen LogP contribution in [0.25, 0.3) is 11.1 Å². The van der Waals surface area contributed by atoms with Crippen LogP contribution in [0, 0.1) is 17.1 Å². The Balaban J connectivity index is 2.00. The van der Waals surface area contributed by atoms with E-state index in [-0.39, 0.29) is 21.6 Å². The Hall–Kier alpha value is -3.11. The van der Waals surface area contributed by atoms with Gasteiger partial charge in [0.15, 0.2) is 0 Å². The molecule has 0 radical (unpaired) electrons. The molecule has 1 heterocycles. The molecular weight excluding hydrogens is 377 g/mol. The molecule has 0 fully saturated rings. The molecule has 0 saturated heterocycles. The Kier molecular flexibility index (Phi) is 5.01. The fourth-order valence-electron chi connectivity index (χ4n) is 2.82. The van der Waals surface area contributed by atoms with Crippen molar-refractivity contribution in [2.45, 2.75) is 31.1 Å². The molecule has 5 nitrogen and oxygen atoms in total. The second-order valence-corrected chi connectivity index (χ2v) is 9.13. The molecule has 0 aliphatic rings. The monoisotopic (exact) mass is 397 g/mol. The molecule has 2 aromatic carbocycles. The van der Waals surface area contributed by atoms with Gasteiger partial charge in [0, 0.05) is 18.0 Å². The SMILES string of the molecule is CC(C)(C)c1cccc(-c2c[nH]cc2S(=O)(=O)Nc2ccc(C#N)cc2F)c1. The van der Waals surface area contributed by atoms with Crippen molar-refractivity contribution in [2.75, 3.05) is 4.72 Å². The van der Waals surface area contributed by atoms with Crippen LogP contribution in [0.1, 0.15) is 31.9 Å². The van der Waals surface area contributed by atoms with Gasteiger partial charge in [-0.05, 0) is 34.7 Å². The summed E-state index contributed by atoms with van der Waals surface area (Å²) in [5.74, 6) is -0.811. The zero-order valence-electron chi connectivity index (χ0n) is 15.7. The average molecular weight is 397 g/mol. The molecule has 0 unspecified atom stereocenters. The molecule has 28 heavy (non-hydrogen) atoms. The molecule has 7 heteroatoms. The van der Waals surface area contributed by atoms with E-state index >= 15 is 0 Å². The summed E-state index contributed by atoms with van der Waals surface area (Å²) in [5, 5.41) is 8.82. The number of aromatic nitrogens is 1. The van der Waals surface area contributed by atoms with Gasteiger partial charge in [-0.2, -0.15) is 5.26 Å². The van der Waals surface area contributed by atoms with Gasteiger partial charge in [0.2, 0.25) is 0 Å². The Morgan fingerprint density at radius 1 is 1.11 bits per heavy atom. The van der Waals surface area contributed by atoms with E-state index < -0.39 is 15.8 Å². The number of sulfonamides is 1. The van der Waals surface area contributed by atoms with Crippen molar-refractivity contribution in [1.29, 1.82) is 5.26 Å². The van der Waals surface area contributed by atoms with E-state index in [4.69, 9.17) is 5.26 Å². The predicted molar refractivity (Wildman–Crippen MR) is 107 cm³/mol. The van der Waals surface area contributed by atoms with Crippen LogP contribution >= 0.6 is 0 Å². The normalized spacial score (nSPS) is 11.8. The summed E-state index contributed by atoms with van der Waals surface area (Å²) in [4.78, 5) is 2.84. The van der Waals surface area contributed by atoms with E-state index in [2.05, 4.69) is 30.5 Å². The van der Waals surface area contributed by atoms with Gasteiger partial charge >= 0.3 is 0 Å². The largest absolute Gasteiger partial charge is 0.366 e. The van der Waals surface area contributed by atoms with Crippen molar-refractivity contribution >= 4 is 15.7 Å². The number of aromatic amines is 1. The topological polar surface area (TPSA) is 85.8 Å². The number of anilines is 1. The van der Waals surface area contributed by atoms with Gasteiger partial charge in [-0.15, -0.1) is 0 Å². The van der Waals surface area contributed by atoms with Crippen molar-refractivity contribution in [3.8, 4) is 17.2 Å². The first-order chi connectivity index (χ1) is 13.1. The molecule has 1 aromatic heterocycles. The van der Waals surface area contributed by atoms with E-state index in [1.807, 2.05) is 30.3 Å². The number of hydrogen-bond acceptors (Lipinski definition) is 3. The van der Waals surface area contributed by atoms with Crippen molar-refractivity contribution in [3.63, 3.8) is 0 Å². The van der Waals surface area contributed by atoms with E-state index in [1.54, 1.807) is 6.20 Å². The third kappa shape index (κ3) is 3.92. The molecule has 144 valence electrons. The second kappa shape index (κ2) is 7.13. The molecule has 0 aliphatic heterocycles. The highest BCUT2D eigenvalue weighted by Crippen LogP contribution is 2.32. The molecule has 0 aliphatic carbocycles. The van der Waals surface area contributed by atoms with E-state index in [1.165, 1.54) is 18.3 Å². The molecule has 0 bridgehead atoms. The van der Waals surface area contributed by atoms with Gasteiger partial charge in [0.1, 0.15) is 10.7 Å². The minimum absolute atomic E-state index is 0.0160. The van der Waals surface area contributed by atoms with Crippen LogP contribution < -0.4 is 4.72 Å². The molecule has 3 aromatic rings. The molecule has 0 spiro atoms. The van der Waals surface area contributed by atoms with Crippen LogP contribution in [0.4, 0.5) is 10.1 Å². The van der Waals surface area contributed by atoms with Crippen LogP contribution in [-0.4, -0.2) is 13.4 Å². The first kappa shape index (κ1) is 19.6. The number of hydrogen-bond donors (Lipinski definition) is 2. The summed E-state index contributed by atoms with van der Waals surface area (Å²) in [7, 11) is -4.04. The zero-order valence-corrected chi connectivity index (χ0v) is 16.6. The lowest BCUT2D eigenvalue weighted by Gasteiger charge is -2.20. The number of halogens is 1. The predicted octanol–water partition coefficient (Wildman–Crippen LogP) is 4.79. The zero-order chi connectivity index (χ0) is 20.5. The average Bonchev–Trinajstić information content (AvgIpc) is 3.13. The molecule has 2 N–H and O–H groups in total. The fourth-order valence-corrected chi connectivity index (χ4v) is 4.07. The van der Waals surface area contributed by atoms with Gasteiger partial charge < -0.3 is 4.98 Å². The maximum absolute atomic E-state index is 14.1. The molecular formula is C21H20FN3O2S. The number of nitrogens with one attached hydrogen (secondary N) is 2. The van der Waals surface area contributed by atoms with Crippen molar-refractivity contribution in [1.82, 2.24) is 4.98 Å². The Labute approximate surface area is 163 Å². The summed E-state index contributed by atoms with van der Waals surface area (Å²) >= 11 is 0. The number of nitrogens with zero attached hydrogens (tertiary/aromatic N) is 1. The standard InChI is InChI=1S/C21H20FN3O2S/c1-21(2,3)16-6-4-5-15(10-16)17-12-24-13-20(17)28(26,27)25-19-8-7-14(11-23)9-18(19)22/h4-10,12-13,24-25H,1-3H3. The summed E-state index contributed by atoms with van der Waals surface area (Å²) < 4.78 is 42.2.